The molecule has 1 aromatic carbocycles. The molecule has 0 unspecified atom stereocenters. The maximum Gasteiger partial charge on any atom is 0.332 e. The molecule has 3 aromatic heterocycles. The van der Waals surface area contributed by atoms with Crippen molar-refractivity contribution in [1.29, 1.82) is 0 Å². The smallest absolute Gasteiger partial charge is 0.332 e. The first-order chi connectivity index (χ1) is 14.5. The minimum absolute atomic E-state index is 0.0282. The van der Waals surface area contributed by atoms with Crippen LogP contribution in [-0.4, -0.2) is 36.1 Å². The number of nitrogens with zero attached hydrogens (tertiary/aromatic N) is 4. The molecule has 0 aliphatic heterocycles. The second-order valence-electron chi connectivity index (χ2n) is 7.38. The molecular weight excluding hydrogens is 384 g/mol. The van der Waals surface area contributed by atoms with Gasteiger partial charge in [0.1, 0.15) is 0 Å². The van der Waals surface area contributed by atoms with E-state index < -0.39 is 5.69 Å². The highest BCUT2D eigenvalue weighted by molar-refractivity contribution is 5.83. The number of hydrogen-bond acceptors (Lipinski definition) is 4. The maximum absolute atomic E-state index is 12.4. The molecule has 0 aliphatic carbocycles. The molecule has 0 aliphatic rings. The lowest BCUT2D eigenvalue weighted by Gasteiger charge is -2.07. The van der Waals surface area contributed by atoms with Gasteiger partial charge >= 0.3 is 5.69 Å². The van der Waals surface area contributed by atoms with E-state index in [1.165, 1.54) is 22.6 Å². The van der Waals surface area contributed by atoms with E-state index in [4.69, 9.17) is 0 Å². The van der Waals surface area contributed by atoms with Crippen molar-refractivity contribution in [2.45, 2.75) is 25.8 Å². The molecule has 0 saturated heterocycles. The van der Waals surface area contributed by atoms with Crippen LogP contribution in [0.25, 0.3) is 22.1 Å². The zero-order valence-corrected chi connectivity index (χ0v) is 17.0. The van der Waals surface area contributed by atoms with E-state index in [2.05, 4.69) is 21.4 Å². The summed E-state index contributed by atoms with van der Waals surface area (Å²) in [5.41, 5.74) is 2.21. The number of imidazole rings is 1. The minimum Gasteiger partial charge on any atom is -0.361 e. The molecule has 2 N–H and O–H groups in total. The fourth-order valence-electron chi connectivity index (χ4n) is 3.74. The highest BCUT2D eigenvalue weighted by Crippen LogP contribution is 2.17. The van der Waals surface area contributed by atoms with Gasteiger partial charge in [-0.1, -0.05) is 18.2 Å². The van der Waals surface area contributed by atoms with Crippen LogP contribution in [0.4, 0.5) is 0 Å². The molecule has 156 valence electrons. The van der Waals surface area contributed by atoms with Gasteiger partial charge in [-0.25, -0.2) is 9.78 Å². The normalized spacial score (nSPS) is 11.4. The number of para-hydroxylation sites is 1. The molecule has 0 radical (unpaired) electrons. The van der Waals surface area contributed by atoms with Gasteiger partial charge in [-0.05, 0) is 24.5 Å². The highest BCUT2D eigenvalue weighted by atomic mass is 16.2. The predicted octanol–water partition coefficient (Wildman–Crippen LogP) is 1.05. The number of carbonyl (C=O) groups excluding carboxylic acids is 1. The average molecular weight is 408 g/mol. The third-order valence-corrected chi connectivity index (χ3v) is 5.41. The van der Waals surface area contributed by atoms with Crippen molar-refractivity contribution in [1.82, 2.24) is 29.0 Å². The number of rotatable bonds is 7. The molecule has 0 saturated carbocycles. The SMILES string of the molecule is Cn1c(=O)c2c(ncn2CCCC(=O)NCCc2c[nH]c3ccccc23)n(C)c1=O. The van der Waals surface area contributed by atoms with Gasteiger partial charge in [0.05, 0.1) is 6.33 Å². The Hall–Kier alpha value is -3.62. The van der Waals surface area contributed by atoms with E-state index in [1.807, 2.05) is 24.4 Å². The molecule has 3 heterocycles. The maximum atomic E-state index is 12.4. The van der Waals surface area contributed by atoms with Crippen molar-refractivity contribution in [3.8, 4) is 0 Å². The Labute approximate surface area is 172 Å². The summed E-state index contributed by atoms with van der Waals surface area (Å²) in [4.78, 5) is 44.0. The van der Waals surface area contributed by atoms with Gasteiger partial charge in [-0.2, -0.15) is 0 Å². The monoisotopic (exact) mass is 408 g/mol. The first kappa shape index (κ1) is 19.7. The lowest BCUT2D eigenvalue weighted by Crippen LogP contribution is -2.37. The van der Waals surface area contributed by atoms with Crippen LogP contribution in [0.3, 0.4) is 0 Å². The van der Waals surface area contributed by atoms with Crippen LogP contribution in [0.2, 0.25) is 0 Å². The Morgan fingerprint density at radius 2 is 1.97 bits per heavy atom. The minimum atomic E-state index is -0.410. The third-order valence-electron chi connectivity index (χ3n) is 5.41. The number of aromatic nitrogens is 5. The summed E-state index contributed by atoms with van der Waals surface area (Å²) in [7, 11) is 3.03. The van der Waals surface area contributed by atoms with Crippen LogP contribution >= 0.6 is 0 Å². The fraction of sp³-hybridized carbons (Fsp3) is 0.333. The Morgan fingerprint density at radius 1 is 1.17 bits per heavy atom. The summed E-state index contributed by atoms with van der Waals surface area (Å²) >= 11 is 0. The van der Waals surface area contributed by atoms with Crippen LogP contribution in [0.5, 0.6) is 0 Å². The van der Waals surface area contributed by atoms with E-state index in [0.717, 1.165) is 16.5 Å². The Kier molecular flexibility index (Phi) is 5.26. The van der Waals surface area contributed by atoms with Crippen molar-refractivity contribution in [2.24, 2.45) is 14.1 Å². The summed E-state index contributed by atoms with van der Waals surface area (Å²) in [6.07, 6.45) is 5.19. The molecular formula is C21H24N6O3. The van der Waals surface area contributed by atoms with Crippen molar-refractivity contribution in [3.05, 3.63) is 63.2 Å². The highest BCUT2D eigenvalue weighted by Gasteiger charge is 2.14. The quantitative estimate of drug-likeness (QED) is 0.477. The molecule has 9 nitrogen and oxygen atoms in total. The first-order valence-corrected chi connectivity index (χ1v) is 9.90. The van der Waals surface area contributed by atoms with E-state index >= 15 is 0 Å². The van der Waals surface area contributed by atoms with Crippen LogP contribution in [0, 0.1) is 0 Å². The van der Waals surface area contributed by atoms with Crippen molar-refractivity contribution in [2.75, 3.05) is 6.54 Å². The summed E-state index contributed by atoms with van der Waals surface area (Å²) in [5, 5.41) is 4.13. The largest absolute Gasteiger partial charge is 0.361 e. The van der Waals surface area contributed by atoms with E-state index in [1.54, 1.807) is 17.9 Å². The Bertz CT molecular complexity index is 1340. The number of aryl methyl sites for hydroxylation is 2. The lowest BCUT2D eigenvalue weighted by molar-refractivity contribution is -0.121. The molecule has 0 bridgehead atoms. The fourth-order valence-corrected chi connectivity index (χ4v) is 3.74. The molecule has 30 heavy (non-hydrogen) atoms. The van der Waals surface area contributed by atoms with Crippen LogP contribution in [-0.2, 0) is 31.9 Å². The number of fused-ring (bicyclic) bond motifs is 2. The number of carbonyl (C=O) groups is 1. The number of aromatic amines is 1. The molecule has 0 atom stereocenters. The second-order valence-corrected chi connectivity index (χ2v) is 7.38. The lowest BCUT2D eigenvalue weighted by atomic mass is 10.1. The summed E-state index contributed by atoms with van der Waals surface area (Å²) in [6.45, 7) is 1.04. The van der Waals surface area contributed by atoms with Crippen LogP contribution in [0.1, 0.15) is 18.4 Å². The molecule has 1 amide bonds. The van der Waals surface area contributed by atoms with Gasteiger partial charge in [0.2, 0.25) is 5.91 Å². The van der Waals surface area contributed by atoms with Crippen molar-refractivity contribution < 1.29 is 4.79 Å². The first-order valence-electron chi connectivity index (χ1n) is 9.90. The Morgan fingerprint density at radius 3 is 2.80 bits per heavy atom. The number of amides is 1. The van der Waals surface area contributed by atoms with Gasteiger partial charge in [0, 0.05) is 50.7 Å². The van der Waals surface area contributed by atoms with Crippen LogP contribution in [0.15, 0.2) is 46.4 Å². The van der Waals surface area contributed by atoms with Crippen LogP contribution < -0.4 is 16.6 Å². The number of hydrogen-bond donors (Lipinski definition) is 2. The summed E-state index contributed by atoms with van der Waals surface area (Å²) in [5.74, 6) is -0.0282. The van der Waals surface area contributed by atoms with Gasteiger partial charge in [0.25, 0.3) is 5.56 Å². The van der Waals surface area contributed by atoms with E-state index in [0.29, 0.717) is 37.1 Å². The topological polar surface area (TPSA) is 107 Å². The molecule has 9 heteroatoms. The number of benzene rings is 1. The summed E-state index contributed by atoms with van der Waals surface area (Å²) < 4.78 is 4.12. The second kappa shape index (κ2) is 8.02. The zero-order valence-electron chi connectivity index (χ0n) is 17.0. The molecule has 0 spiro atoms. The number of nitrogens with one attached hydrogen (secondary N) is 2. The van der Waals surface area contributed by atoms with E-state index in [-0.39, 0.29) is 11.5 Å². The Balaban J connectivity index is 1.32. The molecule has 4 rings (SSSR count). The number of H-pyrrole nitrogens is 1. The van der Waals surface area contributed by atoms with Gasteiger partial charge in [-0.3, -0.25) is 18.7 Å². The van der Waals surface area contributed by atoms with Gasteiger partial charge in [0.15, 0.2) is 11.2 Å². The summed E-state index contributed by atoms with van der Waals surface area (Å²) in [6, 6.07) is 8.09. The predicted molar refractivity (Wildman–Crippen MR) is 114 cm³/mol. The molecule has 4 aromatic rings. The molecule has 0 fully saturated rings. The van der Waals surface area contributed by atoms with Crippen molar-refractivity contribution in [3.63, 3.8) is 0 Å². The average Bonchev–Trinajstić information content (AvgIpc) is 3.35. The third kappa shape index (κ3) is 3.54. The van der Waals surface area contributed by atoms with Gasteiger partial charge in [-0.15, -0.1) is 0 Å². The van der Waals surface area contributed by atoms with E-state index in [9.17, 15) is 14.4 Å². The van der Waals surface area contributed by atoms with Gasteiger partial charge < -0.3 is 14.9 Å². The van der Waals surface area contributed by atoms with Crippen molar-refractivity contribution >= 4 is 28.0 Å². The zero-order chi connectivity index (χ0) is 21.3. The standard InChI is InChI=1S/C21H24N6O3/c1-25-19-18(20(29)26(2)21(25)30)27(13-24-19)11-5-8-17(28)22-10-9-14-12-23-16-7-4-3-6-15(14)16/h3-4,6-7,12-13,23H,5,8-11H2,1-2H3,(H,22,28).